The summed E-state index contributed by atoms with van der Waals surface area (Å²) in [5, 5.41) is 12.6. The van der Waals surface area contributed by atoms with Crippen LogP contribution in [0.1, 0.15) is 45.7 Å². The van der Waals surface area contributed by atoms with Crippen molar-refractivity contribution >= 4 is 23.3 Å². The number of fused-ring (bicyclic) bond motifs is 1. The Labute approximate surface area is 196 Å². The van der Waals surface area contributed by atoms with Gasteiger partial charge < -0.3 is 9.72 Å². The van der Waals surface area contributed by atoms with E-state index in [9.17, 15) is 19.2 Å². The zero-order chi connectivity index (χ0) is 24.2. The minimum Gasteiger partial charge on any atom is -0.345 e. The van der Waals surface area contributed by atoms with E-state index in [4.69, 9.17) is 0 Å². The molecule has 4 rings (SSSR count). The molecule has 168 valence electrons. The van der Waals surface area contributed by atoms with Gasteiger partial charge >= 0.3 is 0 Å². The van der Waals surface area contributed by atoms with Crippen LogP contribution >= 0.6 is 0 Å². The molecule has 34 heavy (non-hydrogen) atoms. The molecule has 0 aliphatic carbocycles. The highest BCUT2D eigenvalue weighted by Crippen LogP contribution is 2.28. The van der Waals surface area contributed by atoms with E-state index in [-0.39, 0.29) is 17.4 Å². The molecule has 0 saturated heterocycles. The molecule has 1 atom stereocenters. The lowest BCUT2D eigenvalue weighted by Gasteiger charge is -2.13. The van der Waals surface area contributed by atoms with E-state index in [0.717, 1.165) is 5.56 Å². The summed E-state index contributed by atoms with van der Waals surface area (Å²) in [6.07, 6.45) is 3.26. The number of rotatable bonds is 6. The van der Waals surface area contributed by atoms with Crippen molar-refractivity contribution in [2.45, 2.75) is 19.9 Å². The number of halogens is 1. The SMILES string of the molecule is Cc1c(/C=C(/C#N)C(=O)N[C@H](C)c2ccccc2)c2ccccn2c1C(=O)c1ccc(F)cc1. The second-order valence-corrected chi connectivity index (χ2v) is 7.95. The number of hydrogen-bond donors (Lipinski definition) is 1. The fraction of sp³-hybridized carbons (Fsp3) is 0.107. The van der Waals surface area contributed by atoms with Gasteiger partial charge in [-0.25, -0.2) is 4.39 Å². The van der Waals surface area contributed by atoms with Crippen LogP contribution in [0.5, 0.6) is 0 Å². The third-order valence-electron chi connectivity index (χ3n) is 5.76. The number of carbonyl (C=O) groups is 2. The first-order chi connectivity index (χ1) is 16.4. The van der Waals surface area contributed by atoms with Gasteiger partial charge in [-0.05, 0) is 67.4 Å². The van der Waals surface area contributed by atoms with E-state index in [1.165, 1.54) is 30.3 Å². The third-order valence-corrected chi connectivity index (χ3v) is 5.76. The van der Waals surface area contributed by atoms with Gasteiger partial charge in [-0.1, -0.05) is 36.4 Å². The van der Waals surface area contributed by atoms with Crippen LogP contribution in [-0.2, 0) is 4.79 Å². The van der Waals surface area contributed by atoms with E-state index in [2.05, 4.69) is 5.32 Å². The molecule has 0 aliphatic rings. The van der Waals surface area contributed by atoms with Gasteiger partial charge in [0.2, 0.25) is 5.78 Å². The molecule has 0 bridgehead atoms. The summed E-state index contributed by atoms with van der Waals surface area (Å²) in [4.78, 5) is 26.2. The zero-order valence-corrected chi connectivity index (χ0v) is 18.7. The lowest BCUT2D eigenvalue weighted by atomic mass is 10.0. The highest BCUT2D eigenvalue weighted by molar-refractivity contribution is 6.11. The molecule has 1 N–H and O–H groups in total. The Balaban J connectivity index is 1.74. The van der Waals surface area contributed by atoms with Gasteiger partial charge in [0.25, 0.3) is 5.91 Å². The van der Waals surface area contributed by atoms with Crippen LogP contribution in [0.2, 0.25) is 0 Å². The number of hydrogen-bond acceptors (Lipinski definition) is 3. The minimum absolute atomic E-state index is 0.0667. The number of nitriles is 1. The first-order valence-corrected chi connectivity index (χ1v) is 10.8. The van der Waals surface area contributed by atoms with Crippen molar-refractivity contribution in [3.05, 3.63) is 118 Å². The molecule has 2 heterocycles. The summed E-state index contributed by atoms with van der Waals surface area (Å²) in [5.41, 5.74) is 3.50. The molecule has 0 aliphatic heterocycles. The lowest BCUT2D eigenvalue weighted by Crippen LogP contribution is -2.27. The third kappa shape index (κ3) is 4.37. The Morgan fingerprint density at radius 1 is 1.03 bits per heavy atom. The maximum Gasteiger partial charge on any atom is 0.262 e. The summed E-state index contributed by atoms with van der Waals surface area (Å²) >= 11 is 0. The number of nitrogens with zero attached hydrogens (tertiary/aromatic N) is 2. The molecule has 5 nitrogen and oxygen atoms in total. The molecular formula is C28H22FN3O2. The number of benzene rings is 2. The molecular weight excluding hydrogens is 429 g/mol. The van der Waals surface area contributed by atoms with Crippen molar-refractivity contribution in [3.63, 3.8) is 0 Å². The molecule has 0 unspecified atom stereocenters. The first-order valence-electron chi connectivity index (χ1n) is 10.8. The van der Waals surface area contributed by atoms with Gasteiger partial charge in [0, 0.05) is 17.3 Å². The van der Waals surface area contributed by atoms with E-state index in [1.54, 1.807) is 23.6 Å². The van der Waals surface area contributed by atoms with E-state index in [0.29, 0.717) is 27.9 Å². The van der Waals surface area contributed by atoms with Gasteiger partial charge in [-0.15, -0.1) is 0 Å². The quantitative estimate of drug-likeness (QED) is 0.242. The average Bonchev–Trinajstić information content (AvgIpc) is 3.13. The number of pyridine rings is 1. The van der Waals surface area contributed by atoms with Crippen molar-refractivity contribution < 1.29 is 14.0 Å². The predicted molar refractivity (Wildman–Crippen MR) is 129 cm³/mol. The van der Waals surface area contributed by atoms with Crippen molar-refractivity contribution in [2.75, 3.05) is 0 Å². The van der Waals surface area contributed by atoms with Crippen LogP contribution < -0.4 is 5.32 Å². The summed E-state index contributed by atoms with van der Waals surface area (Å²) in [5.74, 6) is -1.20. The van der Waals surface area contributed by atoms with Crippen molar-refractivity contribution in [2.24, 2.45) is 0 Å². The van der Waals surface area contributed by atoms with Crippen LogP contribution in [0, 0.1) is 24.1 Å². The number of ketones is 1. The fourth-order valence-electron chi connectivity index (χ4n) is 3.95. The van der Waals surface area contributed by atoms with Gasteiger partial charge in [-0.3, -0.25) is 9.59 Å². The zero-order valence-electron chi connectivity index (χ0n) is 18.7. The van der Waals surface area contributed by atoms with Gasteiger partial charge in [0.05, 0.1) is 17.3 Å². The predicted octanol–water partition coefficient (Wildman–Crippen LogP) is 5.40. The molecule has 2 aromatic heterocycles. The number of aromatic nitrogens is 1. The normalized spacial score (nSPS) is 12.2. The standard InChI is InChI=1S/C28H22FN3O2/c1-18-24(16-22(17-30)28(34)31-19(2)20-8-4-3-5-9-20)25-10-6-7-15-32(25)26(18)27(33)21-11-13-23(29)14-12-21/h3-16,19H,1-2H3,(H,31,34)/b22-16-/t19-/m1/s1. The Morgan fingerprint density at radius 3 is 2.38 bits per heavy atom. The lowest BCUT2D eigenvalue weighted by molar-refractivity contribution is -0.117. The Hall–Kier alpha value is -4.50. The summed E-state index contributed by atoms with van der Waals surface area (Å²) < 4.78 is 15.1. The van der Waals surface area contributed by atoms with Crippen LogP contribution in [0.25, 0.3) is 11.6 Å². The molecule has 6 heteroatoms. The molecule has 1 amide bonds. The van der Waals surface area contributed by atoms with Crippen LogP contribution in [0.4, 0.5) is 4.39 Å². The largest absolute Gasteiger partial charge is 0.345 e. The Morgan fingerprint density at radius 2 is 1.71 bits per heavy atom. The molecule has 4 aromatic rings. The van der Waals surface area contributed by atoms with Crippen molar-refractivity contribution in [1.82, 2.24) is 9.72 Å². The van der Waals surface area contributed by atoms with Crippen LogP contribution in [-0.4, -0.2) is 16.1 Å². The summed E-state index contributed by atoms with van der Waals surface area (Å²) in [7, 11) is 0. The Bertz CT molecular complexity index is 1450. The second kappa shape index (κ2) is 9.55. The maximum absolute atomic E-state index is 13.4. The summed E-state index contributed by atoms with van der Waals surface area (Å²) in [6, 6.07) is 22.0. The van der Waals surface area contributed by atoms with E-state index in [1.807, 2.05) is 55.5 Å². The van der Waals surface area contributed by atoms with Crippen molar-refractivity contribution in [3.8, 4) is 6.07 Å². The molecule has 0 saturated carbocycles. The van der Waals surface area contributed by atoms with Gasteiger partial charge in [-0.2, -0.15) is 5.26 Å². The van der Waals surface area contributed by atoms with E-state index >= 15 is 0 Å². The number of nitrogens with one attached hydrogen (secondary N) is 1. The number of carbonyl (C=O) groups excluding carboxylic acids is 2. The topological polar surface area (TPSA) is 74.4 Å². The maximum atomic E-state index is 13.4. The molecule has 2 aromatic carbocycles. The average molecular weight is 452 g/mol. The van der Waals surface area contributed by atoms with Crippen LogP contribution in [0.3, 0.4) is 0 Å². The first kappa shape index (κ1) is 22.7. The highest BCUT2D eigenvalue weighted by atomic mass is 19.1. The van der Waals surface area contributed by atoms with E-state index < -0.39 is 11.7 Å². The summed E-state index contributed by atoms with van der Waals surface area (Å²) in [6.45, 7) is 3.62. The van der Waals surface area contributed by atoms with Crippen LogP contribution in [0.15, 0.2) is 84.6 Å². The smallest absolute Gasteiger partial charge is 0.262 e. The second-order valence-electron chi connectivity index (χ2n) is 7.95. The minimum atomic E-state index is -0.500. The monoisotopic (exact) mass is 451 g/mol. The van der Waals surface area contributed by atoms with Crippen molar-refractivity contribution in [1.29, 1.82) is 5.26 Å². The molecule has 0 radical (unpaired) electrons. The fourth-order valence-corrected chi connectivity index (χ4v) is 3.95. The van der Waals surface area contributed by atoms with Gasteiger partial charge in [0.15, 0.2) is 0 Å². The molecule has 0 spiro atoms. The molecule has 0 fully saturated rings. The number of amides is 1. The Kier molecular flexibility index (Phi) is 6.37. The van der Waals surface area contributed by atoms with Gasteiger partial charge in [0.1, 0.15) is 17.5 Å². The highest BCUT2D eigenvalue weighted by Gasteiger charge is 2.22.